The number of carbonyl (C=O) groups excluding carboxylic acids is 4. The number of halogens is 1. The molecule has 1 atom stereocenters. The molecular weight excluding hydrogens is 412 g/mol. The molecule has 1 aromatic rings. The first-order valence-electron chi connectivity index (χ1n) is 9.68. The summed E-state index contributed by atoms with van der Waals surface area (Å²) >= 11 is 5.73. The number of amides is 4. The zero-order valence-electron chi connectivity index (χ0n) is 17.0. The summed E-state index contributed by atoms with van der Waals surface area (Å²) in [5, 5.41) is 11.0. The number of rotatable bonds is 7. The number of piperidine rings is 1. The number of hydrogen-bond donors (Lipinski definition) is 4. The van der Waals surface area contributed by atoms with Crippen molar-refractivity contribution in [2.24, 2.45) is 5.92 Å². The Hall–Kier alpha value is -2.72. The summed E-state index contributed by atoms with van der Waals surface area (Å²) in [5.41, 5.74) is 0. The van der Waals surface area contributed by atoms with Crippen LogP contribution in [-0.4, -0.2) is 73.3 Å². The van der Waals surface area contributed by atoms with Crippen molar-refractivity contribution in [3.8, 4) is 0 Å². The van der Waals surface area contributed by atoms with E-state index in [0.29, 0.717) is 11.4 Å². The first-order valence-corrected chi connectivity index (χ1v) is 10.1. The highest BCUT2D eigenvalue weighted by molar-refractivity contribution is 6.39. The van der Waals surface area contributed by atoms with E-state index < -0.39 is 17.9 Å². The van der Waals surface area contributed by atoms with Crippen LogP contribution in [0.1, 0.15) is 19.3 Å². The van der Waals surface area contributed by atoms with Crippen LogP contribution in [0.25, 0.3) is 0 Å². The van der Waals surface area contributed by atoms with Gasteiger partial charge in [-0.3, -0.25) is 19.2 Å². The molecule has 0 radical (unpaired) electrons. The quantitative estimate of drug-likeness (QED) is 0.434. The van der Waals surface area contributed by atoms with E-state index in [1.807, 2.05) is 0 Å². The van der Waals surface area contributed by atoms with Gasteiger partial charge in [-0.1, -0.05) is 11.6 Å². The average molecular weight is 439 g/mol. The van der Waals surface area contributed by atoms with Crippen molar-refractivity contribution in [3.05, 3.63) is 23.4 Å². The van der Waals surface area contributed by atoms with Crippen molar-refractivity contribution in [2.75, 3.05) is 39.0 Å². The normalized spacial score (nSPS) is 15.0. The van der Waals surface area contributed by atoms with Crippen LogP contribution in [0.2, 0.25) is 5.02 Å². The topological polar surface area (TPSA) is 133 Å². The van der Waals surface area contributed by atoms with Gasteiger partial charge >= 0.3 is 11.8 Å². The highest BCUT2D eigenvalue weighted by Crippen LogP contribution is 2.15. The maximum Gasteiger partial charge on any atom is 0.314 e. The van der Waals surface area contributed by atoms with Gasteiger partial charge in [0.05, 0.1) is 5.02 Å². The van der Waals surface area contributed by atoms with Crippen molar-refractivity contribution >= 4 is 41.0 Å². The minimum Gasteiger partial charge on any atom is -0.347 e. The fourth-order valence-corrected chi connectivity index (χ4v) is 3.12. The summed E-state index contributed by atoms with van der Waals surface area (Å²) in [4.78, 5) is 54.1. The van der Waals surface area contributed by atoms with E-state index >= 15 is 0 Å². The largest absolute Gasteiger partial charge is 0.347 e. The van der Waals surface area contributed by atoms with E-state index in [1.54, 1.807) is 14.1 Å². The maximum absolute atomic E-state index is 12.4. The molecule has 1 aromatic heterocycles. The van der Waals surface area contributed by atoms with E-state index in [2.05, 4.69) is 26.3 Å². The molecule has 4 N–H and O–H groups in total. The fraction of sp³-hybridized carbons (Fsp3) is 0.526. The van der Waals surface area contributed by atoms with Crippen LogP contribution < -0.4 is 21.3 Å². The van der Waals surface area contributed by atoms with Crippen LogP contribution in [0.4, 0.5) is 5.82 Å². The molecule has 1 aliphatic rings. The third kappa shape index (κ3) is 7.60. The number of nitrogens with one attached hydrogen (secondary N) is 4. The smallest absolute Gasteiger partial charge is 0.314 e. The van der Waals surface area contributed by atoms with E-state index in [9.17, 15) is 19.2 Å². The zero-order chi connectivity index (χ0) is 22.1. The van der Waals surface area contributed by atoms with Gasteiger partial charge in [0, 0.05) is 33.3 Å². The summed E-state index contributed by atoms with van der Waals surface area (Å²) in [6, 6.07) is 2.00. The summed E-state index contributed by atoms with van der Waals surface area (Å²) < 4.78 is 0. The van der Waals surface area contributed by atoms with Gasteiger partial charge in [0.1, 0.15) is 11.9 Å². The number of nitrogens with zero attached hydrogens (tertiary/aromatic N) is 2. The molecule has 1 aliphatic heterocycles. The molecule has 2 heterocycles. The number of carbonyl (C=O) groups is 4. The molecule has 2 rings (SSSR count). The van der Waals surface area contributed by atoms with Gasteiger partial charge in [-0.05, 0) is 44.0 Å². The van der Waals surface area contributed by atoms with Gasteiger partial charge < -0.3 is 26.2 Å². The van der Waals surface area contributed by atoms with Crippen LogP contribution in [0.15, 0.2) is 18.3 Å². The SMILES string of the molecule is CN(C)C(=O)C(CNC(=O)C(=O)Nc1ccc(Cl)cn1)NC(=O)CC1CCNCC1. The first-order chi connectivity index (χ1) is 14.3. The van der Waals surface area contributed by atoms with Crippen molar-refractivity contribution < 1.29 is 19.2 Å². The molecule has 1 unspecified atom stereocenters. The third-order valence-corrected chi connectivity index (χ3v) is 4.87. The number of pyridine rings is 1. The first kappa shape index (κ1) is 23.6. The number of aromatic nitrogens is 1. The van der Waals surface area contributed by atoms with E-state index in [1.165, 1.54) is 23.2 Å². The Morgan fingerprint density at radius 3 is 2.50 bits per heavy atom. The molecule has 0 bridgehead atoms. The summed E-state index contributed by atoms with van der Waals surface area (Å²) in [6.45, 7) is 1.52. The Bertz CT molecular complexity index is 765. The van der Waals surface area contributed by atoms with Gasteiger partial charge in [0.15, 0.2) is 0 Å². The molecule has 0 spiro atoms. The lowest BCUT2D eigenvalue weighted by molar-refractivity contribution is -0.137. The highest BCUT2D eigenvalue weighted by Gasteiger charge is 2.26. The van der Waals surface area contributed by atoms with Crippen molar-refractivity contribution in [3.63, 3.8) is 0 Å². The van der Waals surface area contributed by atoms with Crippen molar-refractivity contribution in [1.29, 1.82) is 0 Å². The van der Waals surface area contributed by atoms with E-state index in [-0.39, 0.29) is 30.1 Å². The Labute approximate surface area is 180 Å². The average Bonchev–Trinajstić information content (AvgIpc) is 2.72. The Balaban J connectivity index is 1.88. The second kappa shape index (κ2) is 11.5. The van der Waals surface area contributed by atoms with Crippen LogP contribution in [0.3, 0.4) is 0 Å². The Morgan fingerprint density at radius 1 is 1.20 bits per heavy atom. The van der Waals surface area contributed by atoms with Gasteiger partial charge in [-0.2, -0.15) is 0 Å². The highest BCUT2D eigenvalue weighted by atomic mass is 35.5. The molecular formula is C19H27ClN6O4. The molecule has 0 aromatic carbocycles. The predicted octanol–water partition coefficient (Wildman–Crippen LogP) is -0.248. The molecule has 1 saturated heterocycles. The minimum absolute atomic E-state index is 0.163. The Morgan fingerprint density at radius 2 is 1.90 bits per heavy atom. The number of anilines is 1. The van der Waals surface area contributed by atoms with Gasteiger partial charge in [0.25, 0.3) is 0 Å². The van der Waals surface area contributed by atoms with Gasteiger partial charge in [-0.15, -0.1) is 0 Å². The van der Waals surface area contributed by atoms with Crippen LogP contribution >= 0.6 is 11.6 Å². The fourth-order valence-electron chi connectivity index (χ4n) is 3.01. The van der Waals surface area contributed by atoms with Gasteiger partial charge in [-0.25, -0.2) is 4.98 Å². The maximum atomic E-state index is 12.4. The third-order valence-electron chi connectivity index (χ3n) is 4.65. The number of likely N-dealkylation sites (N-methyl/N-ethyl adjacent to an activating group) is 1. The lowest BCUT2D eigenvalue weighted by Crippen LogP contribution is -2.53. The molecule has 11 heteroatoms. The number of hydrogen-bond acceptors (Lipinski definition) is 6. The second-order valence-electron chi connectivity index (χ2n) is 7.28. The lowest BCUT2D eigenvalue weighted by Gasteiger charge is -2.25. The summed E-state index contributed by atoms with van der Waals surface area (Å²) in [7, 11) is 3.10. The van der Waals surface area contributed by atoms with Crippen molar-refractivity contribution in [2.45, 2.75) is 25.3 Å². The molecule has 164 valence electrons. The van der Waals surface area contributed by atoms with Crippen molar-refractivity contribution in [1.82, 2.24) is 25.8 Å². The standard InChI is InChI=1S/C19H27ClN6O4/c1-26(2)19(30)14(24-16(27)9-12-5-7-21-8-6-12)11-23-17(28)18(29)25-15-4-3-13(20)10-22-15/h3-4,10,12,14,21H,5-9,11H2,1-2H3,(H,23,28)(H,24,27)(H,22,25,29). The van der Waals surface area contributed by atoms with Crippen LogP contribution in [0.5, 0.6) is 0 Å². The minimum atomic E-state index is -0.973. The van der Waals surface area contributed by atoms with Crippen LogP contribution in [0, 0.1) is 5.92 Å². The predicted molar refractivity (Wildman–Crippen MR) is 112 cm³/mol. The lowest BCUT2D eigenvalue weighted by atomic mass is 9.94. The van der Waals surface area contributed by atoms with E-state index in [4.69, 9.17) is 11.6 Å². The molecule has 30 heavy (non-hydrogen) atoms. The monoisotopic (exact) mass is 438 g/mol. The second-order valence-corrected chi connectivity index (χ2v) is 7.71. The molecule has 4 amide bonds. The van der Waals surface area contributed by atoms with E-state index in [0.717, 1.165) is 25.9 Å². The zero-order valence-corrected chi connectivity index (χ0v) is 17.8. The van der Waals surface area contributed by atoms with Gasteiger partial charge in [0.2, 0.25) is 11.8 Å². The molecule has 10 nitrogen and oxygen atoms in total. The molecule has 0 saturated carbocycles. The van der Waals surface area contributed by atoms with Crippen LogP contribution in [-0.2, 0) is 19.2 Å². The summed E-state index contributed by atoms with van der Waals surface area (Å²) in [5.74, 6) is -2.11. The Kier molecular flexibility index (Phi) is 9.00. The molecule has 0 aliphatic carbocycles. The molecule has 1 fully saturated rings. The summed E-state index contributed by atoms with van der Waals surface area (Å²) in [6.07, 6.45) is 3.44.